The summed E-state index contributed by atoms with van der Waals surface area (Å²) in [6.07, 6.45) is 13.1. The lowest BCUT2D eigenvalue weighted by Crippen LogP contribution is -2.46. The van der Waals surface area contributed by atoms with Crippen LogP contribution in [0.5, 0.6) is 0 Å². The Hall–Kier alpha value is -4.70. The maximum Gasteiger partial charge on any atom is 0.321 e. The minimum absolute atomic E-state index is 0.00104. The minimum atomic E-state index is -0.504. The lowest BCUT2D eigenvalue weighted by Gasteiger charge is -2.22. The van der Waals surface area contributed by atoms with Crippen LogP contribution in [0.1, 0.15) is 130 Å². The summed E-state index contributed by atoms with van der Waals surface area (Å²) in [5.74, 6) is 0.413. The Morgan fingerprint density at radius 1 is 0.667 bits per heavy atom. The van der Waals surface area contributed by atoms with Gasteiger partial charge in [-0.1, -0.05) is 138 Å². The fourth-order valence-electron chi connectivity index (χ4n) is 9.45. The quantitative estimate of drug-likeness (QED) is 0.0845. The van der Waals surface area contributed by atoms with E-state index in [0.29, 0.717) is 69.3 Å². The van der Waals surface area contributed by atoms with Crippen LogP contribution >= 0.6 is 0 Å². The first kappa shape index (κ1) is 43.4. The first-order valence-electron chi connectivity index (χ1n) is 23.2. The molecule has 2 saturated heterocycles. The summed E-state index contributed by atoms with van der Waals surface area (Å²) in [6, 6.07) is 28.4. The Morgan fingerprint density at radius 2 is 1.28 bits per heavy atom. The summed E-state index contributed by atoms with van der Waals surface area (Å²) in [5.41, 5.74) is 4.08. The van der Waals surface area contributed by atoms with Crippen molar-refractivity contribution in [2.45, 2.75) is 127 Å². The van der Waals surface area contributed by atoms with E-state index in [0.717, 1.165) is 63.4 Å². The molecule has 4 aliphatic rings. The topological polar surface area (TPSA) is 114 Å². The van der Waals surface area contributed by atoms with Crippen LogP contribution < -0.4 is 16.0 Å². The normalized spacial score (nSPS) is 24.5. The number of urea groups is 1. The van der Waals surface area contributed by atoms with Crippen molar-refractivity contribution in [1.29, 1.82) is 0 Å². The third kappa shape index (κ3) is 11.4. The summed E-state index contributed by atoms with van der Waals surface area (Å²) in [7, 11) is 0. The number of nitrogens with zero attached hydrogens (tertiary/aromatic N) is 3. The first-order valence-corrected chi connectivity index (χ1v) is 23.2. The second-order valence-corrected chi connectivity index (χ2v) is 17.9. The van der Waals surface area contributed by atoms with E-state index >= 15 is 0 Å². The molecule has 322 valence electrons. The Morgan fingerprint density at radius 3 is 1.97 bits per heavy atom. The molecule has 2 heterocycles. The Bertz CT molecular complexity index is 1860. The molecule has 60 heavy (non-hydrogen) atoms. The molecule has 0 bridgehead atoms. The van der Waals surface area contributed by atoms with Crippen LogP contribution in [0.4, 0.5) is 4.79 Å². The maximum atomic E-state index is 14.1. The van der Waals surface area contributed by atoms with Gasteiger partial charge in [0.05, 0.1) is 12.5 Å². The summed E-state index contributed by atoms with van der Waals surface area (Å²) in [6.45, 7) is 7.89. The van der Waals surface area contributed by atoms with Gasteiger partial charge in [-0.15, -0.1) is 0 Å². The molecule has 5 amide bonds. The van der Waals surface area contributed by atoms with Gasteiger partial charge in [0.2, 0.25) is 11.8 Å². The van der Waals surface area contributed by atoms with Gasteiger partial charge in [0.1, 0.15) is 6.04 Å². The number of hydrogen-bond donors (Lipinski definition) is 3. The summed E-state index contributed by atoms with van der Waals surface area (Å²) in [5, 5.41) is 10.2. The van der Waals surface area contributed by atoms with Gasteiger partial charge < -0.3 is 30.7 Å². The number of carbonyl (C=O) groups excluding carboxylic acids is 4. The molecule has 3 aromatic carbocycles. The maximum absolute atomic E-state index is 14.1. The van der Waals surface area contributed by atoms with Crippen molar-refractivity contribution in [3.05, 3.63) is 107 Å². The number of benzene rings is 3. The number of unbranched alkanes of at least 4 members (excludes halogenated alkanes) is 8. The van der Waals surface area contributed by atoms with E-state index in [4.69, 9.17) is 0 Å². The SMILES string of the molecule is CCCCCCCCN1C(=O)N(Cc2ccc(C(=O)N3C[C@@H](CN[C@H]4C[C@@H]4c4ccccc4)[C@H](C(=O)N[C@H]4C[C@@H]4c4ccccc4)C3)cc2)C[C@H]1C(=O)NCCCCCC. The molecule has 3 aromatic rings. The van der Waals surface area contributed by atoms with Crippen molar-refractivity contribution >= 4 is 23.8 Å². The zero-order valence-electron chi connectivity index (χ0n) is 36.0. The Balaban J connectivity index is 0.959. The highest BCUT2D eigenvalue weighted by Gasteiger charge is 2.46. The standard InChI is InChI=1S/C50H68N6O4/c1-3-5-7-9-10-18-28-56-46(48(58)51-27-17-8-6-4-2)35-55(50(56)60)32-36-23-25-39(26-24-36)49(59)54-33-40(31-52-44-29-41(44)37-19-13-11-14-20-37)43(34-54)47(57)53-45-30-42(45)38-21-15-12-16-22-38/h11-16,19-26,40-46,52H,3-10,17-18,27-35H2,1-2H3,(H,51,58)(H,53,57)/t40-,41-,42-,43-,44+,45+,46+/m1/s1. The lowest BCUT2D eigenvalue weighted by molar-refractivity contribution is -0.126. The van der Waals surface area contributed by atoms with E-state index in [1.807, 2.05) is 53.4 Å². The highest BCUT2D eigenvalue weighted by Crippen LogP contribution is 2.42. The Labute approximate surface area is 358 Å². The number of nitrogens with one attached hydrogen (secondary N) is 3. The molecule has 0 unspecified atom stereocenters. The molecular formula is C50H68N6O4. The number of rotatable bonds is 23. The Kier molecular flexibility index (Phi) is 15.3. The molecule has 0 aromatic heterocycles. The minimum Gasteiger partial charge on any atom is -0.354 e. The van der Waals surface area contributed by atoms with Crippen LogP contribution in [0.3, 0.4) is 0 Å². The fourth-order valence-corrected chi connectivity index (χ4v) is 9.45. The lowest BCUT2D eigenvalue weighted by atomic mass is 9.95. The molecule has 2 saturated carbocycles. The number of carbonyl (C=O) groups is 4. The highest BCUT2D eigenvalue weighted by atomic mass is 16.2. The van der Waals surface area contributed by atoms with E-state index in [1.54, 1.807) is 9.80 Å². The van der Waals surface area contributed by atoms with Crippen LogP contribution in [0.15, 0.2) is 84.9 Å². The summed E-state index contributed by atoms with van der Waals surface area (Å²) in [4.78, 5) is 60.6. The number of hydrogen-bond acceptors (Lipinski definition) is 5. The first-order chi connectivity index (χ1) is 29.3. The third-order valence-electron chi connectivity index (χ3n) is 13.3. The van der Waals surface area contributed by atoms with Crippen LogP contribution in [-0.4, -0.2) is 95.8 Å². The number of amides is 5. The van der Waals surface area contributed by atoms with Gasteiger partial charge in [0.25, 0.3) is 5.91 Å². The van der Waals surface area contributed by atoms with Gasteiger partial charge in [-0.05, 0) is 54.5 Å². The second-order valence-electron chi connectivity index (χ2n) is 17.9. The number of likely N-dealkylation sites (tertiary alicyclic amines) is 1. The zero-order chi connectivity index (χ0) is 41.8. The second kappa shape index (κ2) is 21.2. The molecule has 0 radical (unpaired) electrons. The highest BCUT2D eigenvalue weighted by molar-refractivity contribution is 5.95. The molecular weight excluding hydrogens is 749 g/mol. The molecule has 10 nitrogen and oxygen atoms in total. The third-order valence-corrected chi connectivity index (χ3v) is 13.3. The van der Waals surface area contributed by atoms with E-state index in [-0.39, 0.29) is 41.6 Å². The summed E-state index contributed by atoms with van der Waals surface area (Å²) >= 11 is 0. The van der Waals surface area contributed by atoms with Crippen LogP contribution in [-0.2, 0) is 16.1 Å². The molecule has 0 spiro atoms. The predicted molar refractivity (Wildman–Crippen MR) is 237 cm³/mol. The predicted octanol–water partition coefficient (Wildman–Crippen LogP) is 7.86. The van der Waals surface area contributed by atoms with Gasteiger partial charge in [-0.3, -0.25) is 14.4 Å². The van der Waals surface area contributed by atoms with Crippen molar-refractivity contribution in [2.75, 3.05) is 39.3 Å². The van der Waals surface area contributed by atoms with Crippen molar-refractivity contribution in [3.8, 4) is 0 Å². The van der Waals surface area contributed by atoms with Gasteiger partial charge >= 0.3 is 6.03 Å². The van der Waals surface area contributed by atoms with Crippen LogP contribution in [0, 0.1) is 11.8 Å². The molecule has 7 atom stereocenters. The van der Waals surface area contributed by atoms with Crippen LogP contribution in [0.2, 0.25) is 0 Å². The molecule has 10 heteroatoms. The average Bonchev–Trinajstić information content (AvgIpc) is 4.17. The molecule has 7 rings (SSSR count). The van der Waals surface area contributed by atoms with E-state index in [1.165, 1.54) is 30.4 Å². The van der Waals surface area contributed by atoms with Crippen molar-refractivity contribution in [2.24, 2.45) is 11.8 Å². The molecule has 2 aliphatic carbocycles. The van der Waals surface area contributed by atoms with Crippen LogP contribution in [0.25, 0.3) is 0 Å². The fraction of sp³-hybridized carbons (Fsp3) is 0.560. The monoisotopic (exact) mass is 817 g/mol. The summed E-state index contributed by atoms with van der Waals surface area (Å²) < 4.78 is 0. The van der Waals surface area contributed by atoms with Gasteiger partial charge in [-0.25, -0.2) is 4.79 Å². The van der Waals surface area contributed by atoms with E-state index in [9.17, 15) is 19.2 Å². The van der Waals surface area contributed by atoms with Gasteiger partial charge in [-0.2, -0.15) is 0 Å². The zero-order valence-corrected chi connectivity index (χ0v) is 36.0. The average molecular weight is 817 g/mol. The van der Waals surface area contributed by atoms with Gasteiger partial charge in [0, 0.05) is 74.7 Å². The van der Waals surface area contributed by atoms with E-state index < -0.39 is 6.04 Å². The van der Waals surface area contributed by atoms with Crippen molar-refractivity contribution < 1.29 is 19.2 Å². The largest absolute Gasteiger partial charge is 0.354 e. The molecule has 4 fully saturated rings. The molecule has 2 aliphatic heterocycles. The van der Waals surface area contributed by atoms with Gasteiger partial charge in [0.15, 0.2) is 0 Å². The molecule has 3 N–H and O–H groups in total. The smallest absolute Gasteiger partial charge is 0.321 e. The van der Waals surface area contributed by atoms with E-state index in [2.05, 4.69) is 66.2 Å². The van der Waals surface area contributed by atoms with Crippen molar-refractivity contribution in [1.82, 2.24) is 30.7 Å². The van der Waals surface area contributed by atoms with Crippen molar-refractivity contribution in [3.63, 3.8) is 0 Å².